The molecule has 1 aromatic heterocycles. The van der Waals surface area contributed by atoms with Crippen LogP contribution in [0, 0.1) is 23.7 Å². The van der Waals surface area contributed by atoms with E-state index in [0.29, 0.717) is 71.7 Å². The number of aliphatic imine (C=N–C) groups is 1. The van der Waals surface area contributed by atoms with Crippen LogP contribution in [0.1, 0.15) is 117 Å². The van der Waals surface area contributed by atoms with Gasteiger partial charge in [-0.15, -0.1) is 5.10 Å². The number of hydrogen-bond donors (Lipinski definition) is 6. The van der Waals surface area contributed by atoms with E-state index in [-0.39, 0.29) is 93.2 Å². The minimum Gasteiger partial charge on any atom is -0.493 e. The molecule has 7 amide bonds. The highest BCUT2D eigenvalue weighted by atomic mass is 32.2. The highest BCUT2D eigenvalue weighted by Crippen LogP contribution is 2.53. The van der Waals surface area contributed by atoms with Gasteiger partial charge in [0.15, 0.2) is 29.2 Å². The van der Waals surface area contributed by atoms with E-state index in [1.54, 1.807) is 72.2 Å². The Bertz CT molecular complexity index is 3840. The first kappa shape index (κ1) is 71.6. The molecule has 8 atom stereocenters. The zero-order chi connectivity index (χ0) is 69.9. The van der Waals surface area contributed by atoms with Crippen LogP contribution in [-0.4, -0.2) is 184 Å². The summed E-state index contributed by atoms with van der Waals surface area (Å²) in [6.45, 7) is 8.42. The van der Waals surface area contributed by atoms with Crippen molar-refractivity contribution in [2.24, 2.45) is 35.7 Å². The molecule has 10 rings (SSSR count). The molecule has 31 heteroatoms. The van der Waals surface area contributed by atoms with Crippen molar-refractivity contribution in [1.82, 2.24) is 44.9 Å². The van der Waals surface area contributed by atoms with Gasteiger partial charge >= 0.3 is 22.4 Å². The summed E-state index contributed by atoms with van der Waals surface area (Å²) in [6.07, 6.45) is 8.10. The molecule has 0 unspecified atom stereocenters. The van der Waals surface area contributed by atoms with Gasteiger partial charge in [0.1, 0.15) is 25.3 Å². The molecule has 98 heavy (non-hydrogen) atoms. The summed E-state index contributed by atoms with van der Waals surface area (Å²) >= 11 is 0. The van der Waals surface area contributed by atoms with Crippen molar-refractivity contribution in [1.29, 1.82) is 0 Å². The number of aliphatic hydroxyl groups excluding tert-OH is 1. The molecular weight excluding hydrogens is 1290 g/mol. The molecule has 4 aromatic rings. The summed E-state index contributed by atoms with van der Waals surface area (Å²) in [7, 11) is 0.600. The molecule has 6 N–H and O–H groups in total. The minimum atomic E-state index is -4.23. The highest BCUT2D eigenvalue weighted by Gasteiger charge is 2.51. The number of methoxy groups -OCH3 is 2. The summed E-state index contributed by atoms with van der Waals surface area (Å²) in [4.78, 5) is 103. The lowest BCUT2D eigenvalue weighted by atomic mass is 10.0. The van der Waals surface area contributed by atoms with Gasteiger partial charge in [-0.05, 0) is 132 Å². The number of aliphatic hydroxyl groups is 1. The van der Waals surface area contributed by atoms with Gasteiger partial charge in [-0.3, -0.25) is 33.6 Å². The van der Waals surface area contributed by atoms with Crippen LogP contribution in [0.25, 0.3) is 0 Å². The normalized spacial score (nSPS) is 20.4. The number of carbonyl (C=O) groups excluding carboxylic acids is 7. The van der Waals surface area contributed by atoms with Gasteiger partial charge < -0.3 is 68.8 Å². The largest absolute Gasteiger partial charge is 0.493 e. The van der Waals surface area contributed by atoms with Crippen molar-refractivity contribution in [2.75, 3.05) is 77.2 Å². The monoisotopic (exact) mass is 1380 g/mol. The number of hydrogen-bond acceptors (Lipinski definition) is 21. The second kappa shape index (κ2) is 32.0. The van der Waals surface area contributed by atoms with E-state index in [1.165, 1.54) is 38.2 Å². The first-order chi connectivity index (χ1) is 47.0. The SMILES string of the molecule is COc1cc2c(cc1OCCCCCOc1cc3c(cc1OC)C(=O)N1C=C(C)C[C@H]1[C@H](O)N3C(=O)OCc1ccc(NC(=O)[C@H](C)NC(=O)[C@@H](NC(=O)COCCOCCNS(=O)(=O)NC(=O)OC[C@@H]3[C@@H]4CCc5c(nnn5C)CC[C@@H]43)C(C)C)cc1)N=C[C@@H]1CC(C)=CN1C2=O. The van der Waals surface area contributed by atoms with E-state index in [2.05, 4.69) is 36.0 Å². The first-order valence-corrected chi connectivity index (χ1v) is 34.3. The van der Waals surface area contributed by atoms with E-state index in [4.69, 9.17) is 37.9 Å². The number of anilines is 2. The van der Waals surface area contributed by atoms with Crippen LogP contribution < -0.4 is 49.2 Å². The Morgan fingerprint density at radius 3 is 2.12 bits per heavy atom. The number of unbranched alkanes of at least 4 members (excludes halogenated alkanes) is 2. The summed E-state index contributed by atoms with van der Waals surface area (Å²) in [5.41, 5.74) is 5.95. The topological polar surface area (TPSA) is 361 Å². The second-order valence-electron chi connectivity index (χ2n) is 25.5. The quantitative estimate of drug-likeness (QED) is 0.0351. The third-order valence-electron chi connectivity index (χ3n) is 18.1. The molecule has 0 spiro atoms. The molecule has 5 heterocycles. The number of nitrogens with one attached hydrogen (secondary N) is 5. The van der Waals surface area contributed by atoms with Gasteiger partial charge in [0.2, 0.25) is 17.7 Å². The van der Waals surface area contributed by atoms with Crippen LogP contribution in [0.4, 0.5) is 26.7 Å². The van der Waals surface area contributed by atoms with Gasteiger partial charge in [0.05, 0.1) is 99.8 Å². The molecule has 3 aromatic carbocycles. The number of nitrogens with zero attached hydrogens (tertiary/aromatic N) is 7. The minimum absolute atomic E-state index is 0.00213. The lowest BCUT2D eigenvalue weighted by Crippen LogP contribution is -2.54. The zero-order valence-electron chi connectivity index (χ0n) is 56.2. The van der Waals surface area contributed by atoms with E-state index < -0.39 is 82.9 Å². The zero-order valence-corrected chi connectivity index (χ0v) is 57.0. The van der Waals surface area contributed by atoms with E-state index in [0.717, 1.165) is 59.5 Å². The molecule has 0 saturated heterocycles. The number of aromatic nitrogens is 3. The summed E-state index contributed by atoms with van der Waals surface area (Å²) in [5.74, 6) is -0.540. The van der Waals surface area contributed by atoms with Crippen LogP contribution in [0.2, 0.25) is 0 Å². The average Bonchev–Trinajstić information content (AvgIpc) is 1.60. The fourth-order valence-corrected chi connectivity index (χ4v) is 13.5. The van der Waals surface area contributed by atoms with E-state index in [1.807, 2.05) is 31.8 Å². The molecule has 2 aliphatic carbocycles. The number of carbonyl (C=O) groups is 7. The standard InChI is InChI=1S/C67H86N12O18S/c1-38(2)60(72-59(80)37-93-25-24-92-23-20-69-98(88,89)74-66(86)96-36-49-45-16-18-50-52(19-17-46(45)49)76(6)75-73-50)62(82)70-41(5)61(81)71-43-14-12-42(13-15-43)35-97-67(87)79-53-31-58(56(91-8)29-48(53)64(84)78-34-40(4)27-54(78)65(79)85)95-22-11-9-10-21-94-57-30-51-47(28-55(57)90-7)63(83)77-33-39(3)26-44(77)32-68-51/h12-15,28-34,38,41,44-46,49,54,60,65,69,85H,9-11,16-27,35-37H2,1-8H3,(H,70,82)(H,71,81)(H,72,80)(H,74,86)/t41-,44-,45-,46+,49-,54-,60-,65-/m0/s1. The number of benzene rings is 3. The fourth-order valence-electron chi connectivity index (χ4n) is 12.8. The second-order valence-corrected chi connectivity index (χ2v) is 27.0. The number of aryl methyl sites for hydroxylation is 2. The third kappa shape index (κ3) is 17.4. The maximum atomic E-state index is 14.3. The van der Waals surface area contributed by atoms with E-state index in [9.17, 15) is 47.1 Å². The number of amides is 7. The predicted molar refractivity (Wildman–Crippen MR) is 355 cm³/mol. The van der Waals surface area contributed by atoms with Crippen molar-refractivity contribution in [3.05, 3.63) is 100 Å². The Morgan fingerprint density at radius 1 is 0.745 bits per heavy atom. The van der Waals surface area contributed by atoms with E-state index >= 15 is 0 Å². The highest BCUT2D eigenvalue weighted by molar-refractivity contribution is 7.88. The molecule has 4 aliphatic heterocycles. The van der Waals surface area contributed by atoms with Crippen molar-refractivity contribution in [2.45, 2.75) is 129 Å². The molecular formula is C67H86N12O18S. The van der Waals surface area contributed by atoms with Crippen molar-refractivity contribution in [3.8, 4) is 23.0 Å². The number of rotatable bonds is 30. The number of ether oxygens (including phenoxy) is 8. The summed E-state index contributed by atoms with van der Waals surface area (Å²) in [6, 6.07) is 9.67. The van der Waals surface area contributed by atoms with Gasteiger partial charge in [-0.2, -0.15) is 13.1 Å². The van der Waals surface area contributed by atoms with Gasteiger partial charge in [0.25, 0.3) is 11.8 Å². The van der Waals surface area contributed by atoms with Crippen LogP contribution >= 0.6 is 0 Å². The van der Waals surface area contributed by atoms with Crippen LogP contribution in [0.5, 0.6) is 23.0 Å². The lowest BCUT2D eigenvalue weighted by molar-refractivity contribution is -0.133. The summed E-state index contributed by atoms with van der Waals surface area (Å²) < 4.78 is 76.3. The van der Waals surface area contributed by atoms with Crippen LogP contribution in [-0.2, 0) is 70.0 Å². The third-order valence-corrected chi connectivity index (χ3v) is 19.1. The Morgan fingerprint density at radius 2 is 1.41 bits per heavy atom. The molecule has 6 aliphatic rings. The fraction of sp³-hybridized carbons (Fsp3) is 0.522. The average molecular weight is 1380 g/mol. The van der Waals surface area contributed by atoms with Crippen molar-refractivity contribution >= 4 is 75.2 Å². The lowest BCUT2D eigenvalue weighted by Gasteiger charge is -2.31. The smallest absolute Gasteiger partial charge is 0.421 e. The Balaban J connectivity index is 0.630. The van der Waals surface area contributed by atoms with Crippen molar-refractivity contribution < 1.29 is 85.0 Å². The first-order valence-electron chi connectivity index (χ1n) is 32.9. The maximum Gasteiger partial charge on any atom is 0.421 e. The van der Waals surface area contributed by atoms with Crippen LogP contribution in [0.15, 0.2) is 77.1 Å². The molecule has 528 valence electrons. The molecule has 1 fully saturated rings. The molecule has 0 radical (unpaired) electrons. The van der Waals surface area contributed by atoms with Gasteiger partial charge in [-0.25, -0.2) is 19.2 Å². The Hall–Kier alpha value is -9.17. The predicted octanol–water partition coefficient (Wildman–Crippen LogP) is 5.51. The van der Waals surface area contributed by atoms with Crippen molar-refractivity contribution in [3.63, 3.8) is 0 Å². The number of fused-ring (bicyclic) bond motifs is 6. The van der Waals surface area contributed by atoms with Gasteiger partial charge in [0, 0.05) is 50.0 Å². The molecule has 30 nitrogen and oxygen atoms in total. The Labute approximate surface area is 568 Å². The maximum absolute atomic E-state index is 14.3. The molecule has 0 bridgehead atoms. The Kier molecular flexibility index (Phi) is 23.4. The summed E-state index contributed by atoms with van der Waals surface area (Å²) in [5, 5.41) is 28.3. The van der Waals surface area contributed by atoms with Crippen LogP contribution in [0.3, 0.4) is 0 Å². The molecule has 1 saturated carbocycles. The van der Waals surface area contributed by atoms with Gasteiger partial charge in [-0.1, -0.05) is 42.3 Å².